The fourth-order valence-electron chi connectivity index (χ4n) is 1.61. The van der Waals surface area contributed by atoms with E-state index in [2.05, 4.69) is 17.1 Å². The molecule has 0 saturated carbocycles. The number of unbranched alkanes of at least 4 members (excludes halogenated alkanes) is 1. The molecule has 0 heterocycles. The first-order valence-corrected chi connectivity index (χ1v) is 6.74. The summed E-state index contributed by atoms with van der Waals surface area (Å²) in [6.07, 6.45) is 2.64. The first kappa shape index (κ1) is 14.8. The lowest BCUT2D eigenvalue weighted by Crippen LogP contribution is -2.32. The molecule has 0 radical (unpaired) electrons. The Balaban J connectivity index is 2.26. The van der Waals surface area contributed by atoms with E-state index in [0.717, 1.165) is 30.1 Å². The number of carbonyl (C=O) groups is 1. The molecule has 0 aliphatic rings. The first-order chi connectivity index (χ1) is 8.63. The van der Waals surface area contributed by atoms with Crippen molar-refractivity contribution in [1.82, 2.24) is 5.32 Å². The van der Waals surface area contributed by atoms with E-state index in [1.807, 2.05) is 31.3 Å². The molecular weight excluding hydrogens is 248 g/mol. The summed E-state index contributed by atoms with van der Waals surface area (Å²) in [6, 6.07) is 7.68. The molecule has 1 N–H and O–H groups in total. The van der Waals surface area contributed by atoms with Crippen molar-refractivity contribution >= 4 is 23.2 Å². The van der Waals surface area contributed by atoms with E-state index in [4.69, 9.17) is 11.6 Å². The van der Waals surface area contributed by atoms with Crippen LogP contribution in [-0.2, 0) is 4.79 Å². The molecule has 1 amide bonds. The second kappa shape index (κ2) is 7.98. The predicted octanol–water partition coefficient (Wildman–Crippen LogP) is 3.08. The fourth-order valence-corrected chi connectivity index (χ4v) is 1.74. The zero-order chi connectivity index (χ0) is 13.4. The SMILES string of the molecule is CCCCC(=O)NCCN(C)c1ccc(Cl)cc1. The van der Waals surface area contributed by atoms with Gasteiger partial charge in [0.25, 0.3) is 0 Å². The minimum atomic E-state index is 0.140. The Morgan fingerprint density at radius 1 is 1.33 bits per heavy atom. The molecular formula is C14H21ClN2O. The molecule has 0 unspecified atom stereocenters. The molecule has 3 nitrogen and oxygen atoms in total. The molecule has 0 bridgehead atoms. The summed E-state index contributed by atoms with van der Waals surface area (Å²) in [5, 5.41) is 3.66. The van der Waals surface area contributed by atoms with E-state index in [-0.39, 0.29) is 5.91 Å². The average Bonchev–Trinajstić information content (AvgIpc) is 2.37. The van der Waals surface area contributed by atoms with Gasteiger partial charge in [0.2, 0.25) is 5.91 Å². The van der Waals surface area contributed by atoms with E-state index in [9.17, 15) is 4.79 Å². The van der Waals surface area contributed by atoms with Gasteiger partial charge in [0.05, 0.1) is 0 Å². The minimum Gasteiger partial charge on any atom is -0.373 e. The van der Waals surface area contributed by atoms with Gasteiger partial charge in [0.1, 0.15) is 0 Å². The summed E-state index contributed by atoms with van der Waals surface area (Å²) in [6.45, 7) is 3.54. The highest BCUT2D eigenvalue weighted by atomic mass is 35.5. The summed E-state index contributed by atoms with van der Waals surface area (Å²) >= 11 is 5.84. The number of nitrogens with zero attached hydrogens (tertiary/aromatic N) is 1. The largest absolute Gasteiger partial charge is 0.373 e. The highest BCUT2D eigenvalue weighted by Gasteiger charge is 2.02. The maximum Gasteiger partial charge on any atom is 0.220 e. The zero-order valence-electron chi connectivity index (χ0n) is 11.1. The van der Waals surface area contributed by atoms with Crippen LogP contribution in [0.15, 0.2) is 24.3 Å². The molecule has 0 aromatic heterocycles. The topological polar surface area (TPSA) is 32.3 Å². The Hall–Kier alpha value is -1.22. The van der Waals surface area contributed by atoms with Crippen LogP contribution in [0, 0.1) is 0 Å². The predicted molar refractivity (Wildman–Crippen MR) is 77.3 cm³/mol. The van der Waals surface area contributed by atoms with E-state index in [1.54, 1.807) is 0 Å². The number of benzene rings is 1. The molecule has 0 aliphatic carbocycles. The third-order valence-corrected chi connectivity index (χ3v) is 3.05. The van der Waals surface area contributed by atoms with Crippen molar-refractivity contribution in [1.29, 1.82) is 0 Å². The number of carbonyl (C=O) groups excluding carboxylic acids is 1. The van der Waals surface area contributed by atoms with Crippen molar-refractivity contribution < 1.29 is 4.79 Å². The Morgan fingerprint density at radius 2 is 2.00 bits per heavy atom. The van der Waals surface area contributed by atoms with Gasteiger partial charge >= 0.3 is 0 Å². The van der Waals surface area contributed by atoms with E-state index in [0.29, 0.717) is 13.0 Å². The molecule has 18 heavy (non-hydrogen) atoms. The minimum absolute atomic E-state index is 0.140. The van der Waals surface area contributed by atoms with Gasteiger partial charge in [-0.2, -0.15) is 0 Å². The highest BCUT2D eigenvalue weighted by molar-refractivity contribution is 6.30. The van der Waals surface area contributed by atoms with Gasteiger partial charge in [-0.05, 0) is 30.7 Å². The quantitative estimate of drug-likeness (QED) is 0.824. The lowest BCUT2D eigenvalue weighted by molar-refractivity contribution is -0.121. The second-order valence-corrected chi connectivity index (χ2v) is 4.79. The Kier molecular flexibility index (Phi) is 6.58. The molecule has 0 saturated heterocycles. The summed E-state index contributed by atoms with van der Waals surface area (Å²) in [5.41, 5.74) is 1.10. The number of likely N-dealkylation sites (N-methyl/N-ethyl adjacent to an activating group) is 1. The Morgan fingerprint density at radius 3 is 2.61 bits per heavy atom. The number of hydrogen-bond donors (Lipinski definition) is 1. The summed E-state index contributed by atoms with van der Waals surface area (Å²) < 4.78 is 0. The van der Waals surface area contributed by atoms with Gasteiger partial charge in [-0.15, -0.1) is 0 Å². The highest BCUT2D eigenvalue weighted by Crippen LogP contribution is 2.16. The van der Waals surface area contributed by atoms with Crippen LogP contribution in [0.3, 0.4) is 0 Å². The van der Waals surface area contributed by atoms with E-state index >= 15 is 0 Å². The number of halogens is 1. The molecule has 0 atom stereocenters. The molecule has 0 aliphatic heterocycles. The van der Waals surface area contributed by atoms with Crippen LogP contribution >= 0.6 is 11.6 Å². The molecule has 0 spiro atoms. The van der Waals surface area contributed by atoms with Crippen LogP contribution in [0.4, 0.5) is 5.69 Å². The third kappa shape index (κ3) is 5.41. The van der Waals surface area contributed by atoms with Crippen LogP contribution in [0.25, 0.3) is 0 Å². The number of hydrogen-bond acceptors (Lipinski definition) is 2. The lowest BCUT2D eigenvalue weighted by Gasteiger charge is -2.19. The number of anilines is 1. The van der Waals surface area contributed by atoms with Crippen molar-refractivity contribution in [2.24, 2.45) is 0 Å². The lowest BCUT2D eigenvalue weighted by atomic mass is 10.2. The molecule has 1 aromatic rings. The second-order valence-electron chi connectivity index (χ2n) is 4.35. The molecule has 4 heteroatoms. The maximum absolute atomic E-state index is 11.4. The van der Waals surface area contributed by atoms with Crippen molar-refractivity contribution in [3.8, 4) is 0 Å². The first-order valence-electron chi connectivity index (χ1n) is 6.37. The third-order valence-electron chi connectivity index (χ3n) is 2.79. The van der Waals surface area contributed by atoms with Gasteiger partial charge in [-0.25, -0.2) is 0 Å². The van der Waals surface area contributed by atoms with Gasteiger partial charge in [-0.1, -0.05) is 24.9 Å². The molecule has 100 valence electrons. The van der Waals surface area contributed by atoms with Crippen LogP contribution < -0.4 is 10.2 Å². The Bertz CT molecular complexity index is 365. The molecule has 1 aromatic carbocycles. The van der Waals surface area contributed by atoms with Gasteiger partial charge in [0, 0.05) is 37.3 Å². The van der Waals surface area contributed by atoms with Gasteiger partial charge in [0.15, 0.2) is 0 Å². The maximum atomic E-state index is 11.4. The van der Waals surface area contributed by atoms with Crippen molar-refractivity contribution in [2.75, 3.05) is 25.0 Å². The van der Waals surface area contributed by atoms with E-state index < -0.39 is 0 Å². The molecule has 0 fully saturated rings. The molecule has 1 rings (SSSR count). The van der Waals surface area contributed by atoms with Gasteiger partial charge < -0.3 is 10.2 Å². The monoisotopic (exact) mass is 268 g/mol. The number of nitrogens with one attached hydrogen (secondary N) is 1. The Labute approximate surface area is 114 Å². The summed E-state index contributed by atoms with van der Waals surface area (Å²) in [5.74, 6) is 0.140. The van der Waals surface area contributed by atoms with Crippen molar-refractivity contribution in [3.63, 3.8) is 0 Å². The number of amides is 1. The zero-order valence-corrected chi connectivity index (χ0v) is 11.8. The van der Waals surface area contributed by atoms with Crippen LogP contribution in [0.1, 0.15) is 26.2 Å². The summed E-state index contributed by atoms with van der Waals surface area (Å²) in [7, 11) is 2.00. The van der Waals surface area contributed by atoms with Crippen molar-refractivity contribution in [3.05, 3.63) is 29.3 Å². The van der Waals surface area contributed by atoms with Crippen molar-refractivity contribution in [2.45, 2.75) is 26.2 Å². The van der Waals surface area contributed by atoms with E-state index in [1.165, 1.54) is 0 Å². The van der Waals surface area contributed by atoms with Crippen LogP contribution in [0.2, 0.25) is 5.02 Å². The number of rotatable bonds is 7. The average molecular weight is 269 g/mol. The van der Waals surface area contributed by atoms with Crippen LogP contribution in [0.5, 0.6) is 0 Å². The normalized spacial score (nSPS) is 10.2. The smallest absolute Gasteiger partial charge is 0.220 e. The van der Waals surface area contributed by atoms with Crippen LogP contribution in [-0.4, -0.2) is 26.0 Å². The fraction of sp³-hybridized carbons (Fsp3) is 0.500. The summed E-state index contributed by atoms with van der Waals surface area (Å²) in [4.78, 5) is 13.5. The van der Waals surface area contributed by atoms with Gasteiger partial charge in [-0.3, -0.25) is 4.79 Å². The standard InChI is InChI=1S/C14H21ClN2O/c1-3-4-5-14(18)16-10-11-17(2)13-8-6-12(15)7-9-13/h6-9H,3-5,10-11H2,1-2H3,(H,16,18).